The predicted octanol–water partition coefficient (Wildman–Crippen LogP) is 3.22. The molecule has 0 aliphatic rings. The Balaban J connectivity index is 2.49. The number of halogens is 3. The molecule has 0 amide bonds. The van der Waals surface area contributed by atoms with Crippen LogP contribution in [0.4, 0.5) is 13.2 Å². The highest BCUT2D eigenvalue weighted by Crippen LogP contribution is 2.21. The first kappa shape index (κ1) is 14.5. The van der Waals surface area contributed by atoms with Crippen molar-refractivity contribution in [3.05, 3.63) is 35.9 Å². The Morgan fingerprint density at radius 1 is 1.28 bits per heavy atom. The lowest BCUT2D eigenvalue weighted by Gasteiger charge is -2.18. The van der Waals surface area contributed by atoms with E-state index in [0.717, 1.165) is 5.56 Å². The molecule has 0 aliphatic carbocycles. The lowest BCUT2D eigenvalue weighted by atomic mass is 10.0. The van der Waals surface area contributed by atoms with Crippen molar-refractivity contribution in [2.24, 2.45) is 0 Å². The molecule has 18 heavy (non-hydrogen) atoms. The van der Waals surface area contributed by atoms with E-state index in [2.05, 4.69) is 11.4 Å². The average molecular weight is 256 g/mol. The molecule has 0 saturated heterocycles. The van der Waals surface area contributed by atoms with Crippen molar-refractivity contribution in [2.75, 3.05) is 6.54 Å². The van der Waals surface area contributed by atoms with Crippen LogP contribution in [0.5, 0.6) is 0 Å². The lowest BCUT2D eigenvalue weighted by molar-refractivity contribution is -0.139. The molecule has 2 atom stereocenters. The molecule has 2 unspecified atom stereocenters. The molecule has 1 rings (SSSR count). The van der Waals surface area contributed by atoms with Gasteiger partial charge in [-0.1, -0.05) is 30.3 Å². The fourth-order valence-electron chi connectivity index (χ4n) is 1.66. The summed E-state index contributed by atoms with van der Waals surface area (Å²) in [5.74, 6) is -0.429. The van der Waals surface area contributed by atoms with Crippen LogP contribution < -0.4 is 5.32 Å². The van der Waals surface area contributed by atoms with Gasteiger partial charge in [-0.05, 0) is 12.5 Å². The quantitative estimate of drug-likeness (QED) is 0.878. The number of hydrogen-bond acceptors (Lipinski definition) is 2. The smallest absolute Gasteiger partial charge is 0.312 e. The van der Waals surface area contributed by atoms with Gasteiger partial charge in [0.15, 0.2) is 0 Å². The zero-order chi connectivity index (χ0) is 13.6. The van der Waals surface area contributed by atoms with E-state index in [9.17, 15) is 13.2 Å². The number of rotatable bonds is 5. The molecule has 1 aromatic carbocycles. The Bertz CT molecular complexity index is 395. The molecule has 98 valence electrons. The van der Waals surface area contributed by atoms with Gasteiger partial charge in [-0.3, -0.25) is 0 Å². The highest BCUT2D eigenvalue weighted by atomic mass is 19.4. The van der Waals surface area contributed by atoms with Crippen LogP contribution >= 0.6 is 0 Å². The van der Waals surface area contributed by atoms with Crippen molar-refractivity contribution < 1.29 is 13.2 Å². The van der Waals surface area contributed by atoms with Crippen molar-refractivity contribution in [1.82, 2.24) is 5.32 Å². The van der Waals surface area contributed by atoms with Gasteiger partial charge in [0.25, 0.3) is 0 Å². The van der Waals surface area contributed by atoms with Gasteiger partial charge in [0.1, 0.15) is 0 Å². The summed E-state index contributed by atoms with van der Waals surface area (Å²) >= 11 is 0. The second-order valence-electron chi connectivity index (χ2n) is 4.22. The maximum absolute atomic E-state index is 12.1. The zero-order valence-corrected chi connectivity index (χ0v) is 10.0. The van der Waals surface area contributed by atoms with E-state index in [0.29, 0.717) is 0 Å². The molecule has 1 aromatic rings. The summed E-state index contributed by atoms with van der Waals surface area (Å²) in [5.41, 5.74) is 0.812. The van der Waals surface area contributed by atoms with Gasteiger partial charge in [0.05, 0.1) is 18.4 Å². The summed E-state index contributed by atoms with van der Waals surface area (Å²) in [7, 11) is 0. The van der Waals surface area contributed by atoms with Crippen molar-refractivity contribution >= 4 is 0 Å². The van der Waals surface area contributed by atoms with Crippen molar-refractivity contribution in [2.45, 2.75) is 31.5 Å². The largest absolute Gasteiger partial charge is 0.390 e. The Labute approximate surface area is 104 Å². The van der Waals surface area contributed by atoms with E-state index >= 15 is 0 Å². The summed E-state index contributed by atoms with van der Waals surface area (Å²) < 4.78 is 36.4. The highest BCUT2D eigenvalue weighted by molar-refractivity contribution is 5.25. The molecule has 0 bridgehead atoms. The number of nitrogens with zero attached hydrogens (tertiary/aromatic N) is 1. The third-order valence-corrected chi connectivity index (χ3v) is 2.57. The molecule has 0 aliphatic heterocycles. The average Bonchev–Trinajstić information content (AvgIpc) is 2.29. The monoisotopic (exact) mass is 256 g/mol. The molecule has 0 saturated carbocycles. The first-order valence-corrected chi connectivity index (χ1v) is 5.67. The topological polar surface area (TPSA) is 35.8 Å². The molecule has 0 radical (unpaired) electrons. The van der Waals surface area contributed by atoms with E-state index in [4.69, 9.17) is 5.26 Å². The Morgan fingerprint density at radius 2 is 1.89 bits per heavy atom. The Morgan fingerprint density at radius 3 is 2.39 bits per heavy atom. The van der Waals surface area contributed by atoms with Crippen molar-refractivity contribution in [3.63, 3.8) is 0 Å². The fourth-order valence-corrected chi connectivity index (χ4v) is 1.66. The molecule has 2 nitrogen and oxygen atoms in total. The van der Waals surface area contributed by atoms with Gasteiger partial charge < -0.3 is 5.32 Å². The molecule has 0 heterocycles. The molecule has 0 spiro atoms. The van der Waals surface area contributed by atoms with E-state index in [1.165, 1.54) is 6.92 Å². The van der Waals surface area contributed by atoms with Crippen LogP contribution in [0.25, 0.3) is 0 Å². The summed E-state index contributed by atoms with van der Waals surface area (Å²) in [6.07, 6.45) is -5.07. The number of benzene rings is 1. The van der Waals surface area contributed by atoms with Crippen LogP contribution in [0.15, 0.2) is 30.3 Å². The third-order valence-electron chi connectivity index (χ3n) is 2.57. The van der Waals surface area contributed by atoms with Crippen LogP contribution in [0.1, 0.15) is 24.8 Å². The summed E-state index contributed by atoms with van der Waals surface area (Å²) in [6, 6.07) is 10.4. The first-order valence-electron chi connectivity index (χ1n) is 5.67. The zero-order valence-electron chi connectivity index (χ0n) is 10.0. The number of hydrogen-bond donors (Lipinski definition) is 1. The van der Waals surface area contributed by atoms with Gasteiger partial charge in [-0.15, -0.1) is 0 Å². The minimum atomic E-state index is -4.18. The van der Waals surface area contributed by atoms with Crippen molar-refractivity contribution in [1.29, 1.82) is 5.26 Å². The number of nitrogens with one attached hydrogen (secondary N) is 1. The molecule has 0 fully saturated rings. The van der Waals surface area contributed by atoms with Crippen LogP contribution in [0.2, 0.25) is 0 Å². The van der Waals surface area contributed by atoms with E-state index in [1.54, 1.807) is 24.3 Å². The van der Waals surface area contributed by atoms with E-state index < -0.39 is 24.6 Å². The molecular weight excluding hydrogens is 241 g/mol. The maximum Gasteiger partial charge on any atom is 0.390 e. The van der Waals surface area contributed by atoms with Gasteiger partial charge in [-0.2, -0.15) is 18.4 Å². The summed E-state index contributed by atoms with van der Waals surface area (Å²) in [5, 5.41) is 11.8. The molecular formula is C13H15F3N2. The van der Waals surface area contributed by atoms with Gasteiger partial charge in [-0.25, -0.2) is 0 Å². The normalized spacial score (nSPS) is 14.8. The molecule has 5 heteroatoms. The first-order chi connectivity index (χ1) is 8.42. The van der Waals surface area contributed by atoms with Crippen LogP contribution in [0.3, 0.4) is 0 Å². The maximum atomic E-state index is 12.1. The molecule has 0 aromatic heterocycles. The van der Waals surface area contributed by atoms with Gasteiger partial charge in [0, 0.05) is 12.6 Å². The predicted molar refractivity (Wildman–Crippen MR) is 62.9 cm³/mol. The second kappa shape index (κ2) is 6.41. The SMILES string of the molecule is CC(CC(F)(F)F)NCC(C#N)c1ccccc1. The Kier molecular flexibility index (Phi) is 5.17. The van der Waals surface area contributed by atoms with Crippen molar-refractivity contribution in [3.8, 4) is 6.07 Å². The number of alkyl halides is 3. The van der Waals surface area contributed by atoms with E-state index in [1.807, 2.05) is 6.07 Å². The Hall–Kier alpha value is -1.54. The van der Waals surface area contributed by atoms with Crippen LogP contribution in [-0.2, 0) is 0 Å². The summed E-state index contributed by atoms with van der Waals surface area (Å²) in [6.45, 7) is 1.69. The lowest BCUT2D eigenvalue weighted by Crippen LogP contribution is -2.33. The second-order valence-corrected chi connectivity index (χ2v) is 4.22. The number of nitriles is 1. The molecule has 1 N–H and O–H groups in total. The highest BCUT2D eigenvalue weighted by Gasteiger charge is 2.30. The third kappa shape index (κ3) is 5.19. The standard InChI is InChI=1S/C13H15F3N2/c1-10(7-13(14,15)16)18-9-12(8-17)11-5-3-2-4-6-11/h2-6,10,12,18H,7,9H2,1H3. The minimum absolute atomic E-state index is 0.220. The fraction of sp³-hybridized carbons (Fsp3) is 0.462. The van der Waals surface area contributed by atoms with Crippen LogP contribution in [0, 0.1) is 11.3 Å². The van der Waals surface area contributed by atoms with Gasteiger partial charge >= 0.3 is 6.18 Å². The minimum Gasteiger partial charge on any atom is -0.312 e. The summed E-state index contributed by atoms with van der Waals surface area (Å²) in [4.78, 5) is 0. The van der Waals surface area contributed by atoms with Gasteiger partial charge in [0.2, 0.25) is 0 Å². The van der Waals surface area contributed by atoms with Crippen LogP contribution in [-0.4, -0.2) is 18.8 Å². The van der Waals surface area contributed by atoms with E-state index in [-0.39, 0.29) is 6.54 Å².